The number of nitrogens with one attached hydrogen (secondary N) is 1. The Balaban J connectivity index is 2.23. The molecular weight excluding hydrogens is 222 g/mol. The Bertz CT molecular complexity index is 311. The maximum Gasteiger partial charge on any atom is 0.140 e. The second-order valence-corrected chi connectivity index (χ2v) is 4.72. The Kier molecular flexibility index (Phi) is 5.88. The van der Waals surface area contributed by atoms with E-state index in [0.717, 1.165) is 19.4 Å². The van der Waals surface area contributed by atoms with Crippen LogP contribution in [-0.4, -0.2) is 23.6 Å². The fourth-order valence-electron chi connectivity index (χ4n) is 1.51. The van der Waals surface area contributed by atoms with Crippen molar-refractivity contribution in [2.24, 2.45) is 10.9 Å². The highest BCUT2D eigenvalue weighted by Crippen LogP contribution is 2.08. The van der Waals surface area contributed by atoms with Gasteiger partial charge < -0.3 is 16.3 Å². The average Bonchev–Trinajstić information content (AvgIpc) is 2.80. The summed E-state index contributed by atoms with van der Waals surface area (Å²) in [5, 5.41) is 17.0. The molecule has 0 radical (unpaired) electrons. The summed E-state index contributed by atoms with van der Waals surface area (Å²) in [7, 11) is 0. The van der Waals surface area contributed by atoms with Gasteiger partial charge in [-0.15, -0.1) is 11.3 Å². The monoisotopic (exact) mass is 241 g/mol. The maximum absolute atomic E-state index is 8.49. The molecule has 1 aromatic heterocycles. The zero-order valence-electron chi connectivity index (χ0n) is 9.52. The molecule has 0 spiro atoms. The Morgan fingerprint density at radius 1 is 1.69 bits per heavy atom. The first-order valence-corrected chi connectivity index (χ1v) is 6.36. The summed E-state index contributed by atoms with van der Waals surface area (Å²) in [6.45, 7) is 3.02. The average molecular weight is 241 g/mol. The number of hydrogen-bond donors (Lipinski definition) is 3. The molecule has 90 valence electrons. The molecule has 0 aliphatic rings. The molecule has 0 bridgehead atoms. The second-order valence-electron chi connectivity index (χ2n) is 3.68. The van der Waals surface area contributed by atoms with Crippen LogP contribution in [0.1, 0.15) is 24.6 Å². The quantitative estimate of drug-likeness (QED) is 0.295. The summed E-state index contributed by atoms with van der Waals surface area (Å²) in [4.78, 5) is 1.38. The van der Waals surface area contributed by atoms with Gasteiger partial charge in [-0.3, -0.25) is 0 Å². The number of nitrogens with zero attached hydrogens (tertiary/aromatic N) is 1. The predicted octanol–water partition coefficient (Wildman–Crippen LogP) is 1.80. The molecule has 4 nitrogen and oxygen atoms in total. The highest BCUT2D eigenvalue weighted by molar-refractivity contribution is 7.09. The van der Waals surface area contributed by atoms with Crippen LogP contribution < -0.4 is 11.1 Å². The van der Waals surface area contributed by atoms with Crippen molar-refractivity contribution in [3.63, 3.8) is 0 Å². The topological polar surface area (TPSA) is 70.6 Å². The molecule has 1 atom stereocenters. The third-order valence-electron chi connectivity index (χ3n) is 2.46. The van der Waals surface area contributed by atoms with E-state index in [4.69, 9.17) is 10.9 Å². The van der Waals surface area contributed by atoms with Crippen molar-refractivity contribution in [1.29, 1.82) is 0 Å². The van der Waals surface area contributed by atoms with Gasteiger partial charge in [0.15, 0.2) is 0 Å². The molecule has 0 saturated carbocycles. The molecule has 0 aliphatic heterocycles. The van der Waals surface area contributed by atoms with E-state index in [0.29, 0.717) is 6.42 Å². The van der Waals surface area contributed by atoms with Crippen LogP contribution in [0.4, 0.5) is 0 Å². The predicted molar refractivity (Wildman–Crippen MR) is 68.1 cm³/mol. The number of amidine groups is 1. The molecule has 1 unspecified atom stereocenters. The van der Waals surface area contributed by atoms with E-state index in [1.165, 1.54) is 4.88 Å². The molecule has 1 rings (SSSR count). The number of hydrogen-bond acceptors (Lipinski definition) is 4. The number of oxime groups is 1. The minimum Gasteiger partial charge on any atom is -0.409 e. The largest absolute Gasteiger partial charge is 0.409 e. The minimum atomic E-state index is 0.287. The maximum atomic E-state index is 8.49. The van der Waals surface area contributed by atoms with Crippen LogP contribution in [0.25, 0.3) is 0 Å². The first kappa shape index (κ1) is 13.0. The fourth-order valence-corrected chi connectivity index (χ4v) is 2.22. The van der Waals surface area contributed by atoms with Gasteiger partial charge in [0.2, 0.25) is 0 Å². The van der Waals surface area contributed by atoms with Crippen LogP contribution in [0.5, 0.6) is 0 Å². The van der Waals surface area contributed by atoms with Crippen molar-refractivity contribution >= 4 is 17.2 Å². The molecule has 0 amide bonds. The first-order valence-electron chi connectivity index (χ1n) is 5.48. The van der Waals surface area contributed by atoms with E-state index >= 15 is 0 Å². The molecule has 0 fully saturated rings. The van der Waals surface area contributed by atoms with E-state index in [9.17, 15) is 0 Å². The van der Waals surface area contributed by atoms with Crippen LogP contribution in [0.15, 0.2) is 22.7 Å². The van der Waals surface area contributed by atoms with Crippen molar-refractivity contribution in [1.82, 2.24) is 5.32 Å². The summed E-state index contributed by atoms with van der Waals surface area (Å²) in [6.07, 6.45) is 2.60. The van der Waals surface area contributed by atoms with Gasteiger partial charge >= 0.3 is 0 Å². The van der Waals surface area contributed by atoms with Crippen LogP contribution in [0.3, 0.4) is 0 Å². The molecule has 4 N–H and O–H groups in total. The summed E-state index contributed by atoms with van der Waals surface area (Å²) in [6, 6.07) is 4.49. The zero-order chi connectivity index (χ0) is 11.8. The lowest BCUT2D eigenvalue weighted by Crippen LogP contribution is -2.34. The van der Waals surface area contributed by atoms with E-state index in [1.807, 2.05) is 0 Å². The van der Waals surface area contributed by atoms with Gasteiger partial charge in [0.1, 0.15) is 5.84 Å². The number of nitrogens with two attached hydrogens (primary N) is 1. The van der Waals surface area contributed by atoms with Gasteiger partial charge in [0.25, 0.3) is 0 Å². The Labute approximate surface area is 100 Å². The third-order valence-corrected chi connectivity index (χ3v) is 3.40. The molecule has 1 aromatic rings. The number of rotatable bonds is 7. The van der Waals surface area contributed by atoms with Gasteiger partial charge in [-0.25, -0.2) is 0 Å². The molecule has 0 aromatic carbocycles. The number of thiophene rings is 1. The van der Waals surface area contributed by atoms with Gasteiger partial charge in [-0.1, -0.05) is 18.1 Å². The van der Waals surface area contributed by atoms with E-state index in [2.05, 4.69) is 34.9 Å². The molecular formula is C11H19N3OS. The Morgan fingerprint density at radius 3 is 3.06 bits per heavy atom. The zero-order valence-corrected chi connectivity index (χ0v) is 10.3. The Hall–Kier alpha value is -1.07. The first-order chi connectivity index (χ1) is 7.76. The van der Waals surface area contributed by atoms with Crippen LogP contribution in [0, 0.1) is 0 Å². The van der Waals surface area contributed by atoms with Gasteiger partial charge in [-0.2, -0.15) is 0 Å². The SMILES string of the molecule is CCC(CC(N)=NO)NCCc1cccs1. The lowest BCUT2D eigenvalue weighted by Gasteiger charge is -2.15. The summed E-state index contributed by atoms with van der Waals surface area (Å²) >= 11 is 1.77. The van der Waals surface area contributed by atoms with Crippen molar-refractivity contribution in [2.75, 3.05) is 6.54 Å². The highest BCUT2D eigenvalue weighted by atomic mass is 32.1. The van der Waals surface area contributed by atoms with E-state index in [1.54, 1.807) is 11.3 Å². The second kappa shape index (κ2) is 7.24. The lowest BCUT2D eigenvalue weighted by molar-refractivity contribution is 0.315. The van der Waals surface area contributed by atoms with Gasteiger partial charge in [0, 0.05) is 23.9 Å². The lowest BCUT2D eigenvalue weighted by atomic mass is 10.1. The van der Waals surface area contributed by atoms with Gasteiger partial charge in [0.05, 0.1) is 0 Å². The van der Waals surface area contributed by atoms with Crippen LogP contribution in [0.2, 0.25) is 0 Å². The van der Waals surface area contributed by atoms with Crippen molar-refractivity contribution in [2.45, 2.75) is 32.2 Å². The van der Waals surface area contributed by atoms with Crippen molar-refractivity contribution < 1.29 is 5.21 Å². The van der Waals surface area contributed by atoms with Crippen LogP contribution in [-0.2, 0) is 6.42 Å². The van der Waals surface area contributed by atoms with Gasteiger partial charge in [-0.05, 0) is 24.3 Å². The summed E-state index contributed by atoms with van der Waals surface area (Å²) in [5.74, 6) is 0.287. The molecule has 0 aliphatic carbocycles. The van der Waals surface area contributed by atoms with E-state index in [-0.39, 0.29) is 11.9 Å². The highest BCUT2D eigenvalue weighted by Gasteiger charge is 2.07. The standard InChI is InChI=1S/C11H19N3OS/c1-2-9(8-11(12)14-15)13-6-5-10-4-3-7-16-10/h3-4,7,9,13,15H,2,5-6,8H2,1H3,(H2,12,14). The third kappa shape index (κ3) is 4.63. The molecule has 1 heterocycles. The van der Waals surface area contributed by atoms with Crippen molar-refractivity contribution in [3.8, 4) is 0 Å². The van der Waals surface area contributed by atoms with Crippen LogP contribution >= 0.6 is 11.3 Å². The minimum absolute atomic E-state index is 0.287. The Morgan fingerprint density at radius 2 is 2.50 bits per heavy atom. The summed E-state index contributed by atoms with van der Waals surface area (Å²) in [5.41, 5.74) is 5.48. The van der Waals surface area contributed by atoms with E-state index < -0.39 is 0 Å². The molecule has 0 saturated heterocycles. The van der Waals surface area contributed by atoms with Crippen molar-refractivity contribution in [3.05, 3.63) is 22.4 Å². The normalized spacial score (nSPS) is 13.9. The smallest absolute Gasteiger partial charge is 0.140 e. The molecule has 5 heteroatoms. The molecule has 16 heavy (non-hydrogen) atoms. The fraction of sp³-hybridized carbons (Fsp3) is 0.545. The summed E-state index contributed by atoms with van der Waals surface area (Å²) < 4.78 is 0.